The van der Waals surface area contributed by atoms with Crippen LogP contribution in [0.3, 0.4) is 0 Å². The summed E-state index contributed by atoms with van der Waals surface area (Å²) in [6, 6.07) is 0.427. The molecule has 0 aromatic rings. The number of unbranched alkanes of at least 4 members (excludes halogenated alkanes) is 12. The van der Waals surface area contributed by atoms with Crippen molar-refractivity contribution in [2.45, 2.75) is 142 Å². The summed E-state index contributed by atoms with van der Waals surface area (Å²) in [7, 11) is 0. The van der Waals surface area contributed by atoms with E-state index in [-0.39, 0.29) is 25.3 Å². The van der Waals surface area contributed by atoms with Gasteiger partial charge < -0.3 is 14.8 Å². The van der Waals surface area contributed by atoms with Gasteiger partial charge in [0.1, 0.15) is 0 Å². The molecule has 0 radical (unpaired) electrons. The molecule has 0 fully saturated rings. The Kier molecular flexibility index (Phi) is 26.2. The van der Waals surface area contributed by atoms with E-state index in [2.05, 4.69) is 25.7 Å². The Morgan fingerprint density at radius 1 is 0.655 bits per heavy atom. The molecule has 0 saturated heterocycles. The summed E-state index contributed by atoms with van der Waals surface area (Å²) in [5.41, 5.74) is 0. The van der Waals surface area contributed by atoms with Gasteiger partial charge in [0.2, 0.25) is 0 Å². The van der Waals surface area contributed by atoms with Gasteiger partial charge in [0.15, 0.2) is 0 Å². The van der Waals surface area contributed by atoms with Gasteiger partial charge in [-0.3, -0.25) is 0 Å². The molecule has 0 spiro atoms. The zero-order chi connectivity index (χ0) is 20.9. The summed E-state index contributed by atoms with van der Waals surface area (Å²) < 4.78 is 0. The normalized spacial score (nSPS) is 12.1. The molecule has 0 saturated carbocycles. The molecular weight excluding hydrogens is 353 g/mol. The maximum atomic E-state index is 11.0. The number of carbonyl (C=O) groups is 1. The maximum absolute atomic E-state index is 11.0. The number of carbonyl (C=O) groups excluding carboxylic acids is 1. The van der Waals surface area contributed by atoms with Gasteiger partial charge in [-0.1, -0.05) is 104 Å². The second-order valence-electron chi connectivity index (χ2n) is 8.63. The van der Waals surface area contributed by atoms with Crippen LogP contribution in [-0.2, 0) is 4.79 Å². The summed E-state index contributed by atoms with van der Waals surface area (Å²) in [4.78, 5) is 13.7. The van der Waals surface area contributed by atoms with Crippen LogP contribution in [0.4, 0.5) is 0 Å². The topological polar surface area (TPSA) is 43.4 Å². The van der Waals surface area contributed by atoms with Crippen molar-refractivity contribution in [3.63, 3.8) is 0 Å². The van der Waals surface area contributed by atoms with E-state index in [0.29, 0.717) is 6.04 Å². The largest absolute Gasteiger partial charge is 1.00 e. The summed E-state index contributed by atoms with van der Waals surface area (Å²) in [6.45, 7) is 9.05. The zero-order valence-corrected chi connectivity index (χ0v) is 20.5. The summed E-state index contributed by atoms with van der Waals surface area (Å²) in [5, 5.41) is 11.0. The van der Waals surface area contributed by atoms with Crippen molar-refractivity contribution >= 4 is 5.97 Å². The fourth-order valence-electron chi connectivity index (χ4n) is 4.09. The molecule has 168 valence electrons. The molecule has 0 amide bonds. The average Bonchev–Trinajstić information content (AvgIpc) is 2.68. The fraction of sp³-hybridized carbons (Fsp3) is 0.960. The van der Waals surface area contributed by atoms with Gasteiger partial charge in [-0.15, -0.1) is 0 Å². The molecule has 0 aliphatic carbocycles. The Morgan fingerprint density at radius 3 is 1.52 bits per heavy atom. The van der Waals surface area contributed by atoms with Gasteiger partial charge in [0, 0.05) is 12.0 Å². The Labute approximate surface area is 195 Å². The van der Waals surface area contributed by atoms with E-state index in [1.165, 1.54) is 96.3 Å². The molecule has 0 aromatic heterocycles. The van der Waals surface area contributed by atoms with Crippen LogP contribution in [0.2, 0.25) is 0 Å². The van der Waals surface area contributed by atoms with Gasteiger partial charge in [-0.05, 0) is 45.2 Å². The van der Waals surface area contributed by atoms with Crippen molar-refractivity contribution in [2.24, 2.45) is 0 Å². The van der Waals surface area contributed by atoms with E-state index in [1.54, 1.807) is 0 Å². The smallest absolute Gasteiger partial charge is 0.550 e. The van der Waals surface area contributed by atoms with E-state index in [4.69, 9.17) is 0 Å². The Balaban J connectivity index is 0. The zero-order valence-electron chi connectivity index (χ0n) is 20.5. The quantitative estimate of drug-likeness (QED) is 0.205. The van der Waals surface area contributed by atoms with E-state index >= 15 is 0 Å². The molecule has 4 heteroatoms. The molecule has 0 aliphatic rings. The van der Waals surface area contributed by atoms with Gasteiger partial charge in [0.25, 0.3) is 0 Å². The molecule has 1 unspecified atom stereocenters. The number of carboxylic acid groups (broad SMARTS) is 1. The van der Waals surface area contributed by atoms with Gasteiger partial charge in [-0.2, -0.15) is 0 Å². The first kappa shape index (κ1) is 31.2. The summed E-state index contributed by atoms with van der Waals surface area (Å²) in [6.07, 6.45) is 21.7. The van der Waals surface area contributed by atoms with Crippen molar-refractivity contribution in [2.75, 3.05) is 13.1 Å². The first-order valence-electron chi connectivity index (χ1n) is 12.6. The minimum atomic E-state index is -0.889. The third-order valence-corrected chi connectivity index (χ3v) is 5.94. The van der Waals surface area contributed by atoms with Crippen LogP contribution in [0, 0.1) is 0 Å². The van der Waals surface area contributed by atoms with Crippen LogP contribution in [0.1, 0.15) is 136 Å². The van der Waals surface area contributed by atoms with E-state index < -0.39 is 5.97 Å². The standard InChI is InChI=1S/C25H51NO2.Li/c1-4-7-10-12-14-17-22-26(23-18-15-13-11-8-5-2)24(19-16-9-6-3)20-21-25(27)28;/h24H,4-23H2,1-3H3,(H,27,28);/q;+1/p-1. The number of nitrogens with zero attached hydrogens (tertiary/aromatic N) is 1. The molecule has 0 heterocycles. The van der Waals surface area contributed by atoms with Crippen LogP contribution in [0.25, 0.3) is 0 Å². The van der Waals surface area contributed by atoms with Crippen molar-refractivity contribution in [1.29, 1.82) is 0 Å². The minimum absolute atomic E-state index is 0. The first-order valence-corrected chi connectivity index (χ1v) is 12.6. The van der Waals surface area contributed by atoms with Gasteiger partial charge in [-0.25, -0.2) is 0 Å². The number of hydrogen-bond acceptors (Lipinski definition) is 3. The van der Waals surface area contributed by atoms with Crippen molar-refractivity contribution in [1.82, 2.24) is 4.90 Å². The molecule has 0 N–H and O–H groups in total. The van der Waals surface area contributed by atoms with E-state index in [9.17, 15) is 9.90 Å². The van der Waals surface area contributed by atoms with Crippen molar-refractivity contribution in [3.05, 3.63) is 0 Å². The summed E-state index contributed by atoms with van der Waals surface area (Å²) in [5.74, 6) is -0.889. The van der Waals surface area contributed by atoms with Crippen LogP contribution < -0.4 is 24.0 Å². The Morgan fingerprint density at radius 2 is 1.07 bits per heavy atom. The van der Waals surface area contributed by atoms with Gasteiger partial charge in [0.05, 0.1) is 0 Å². The number of carboxylic acids is 1. The van der Waals surface area contributed by atoms with Crippen molar-refractivity contribution in [3.8, 4) is 0 Å². The molecule has 3 nitrogen and oxygen atoms in total. The van der Waals surface area contributed by atoms with E-state index in [1.807, 2.05) is 0 Å². The number of hydrogen-bond donors (Lipinski definition) is 0. The predicted octanol–water partition coefficient (Wildman–Crippen LogP) is 3.49. The molecule has 0 aliphatic heterocycles. The molecule has 29 heavy (non-hydrogen) atoms. The summed E-state index contributed by atoms with van der Waals surface area (Å²) >= 11 is 0. The number of aliphatic carboxylic acids is 1. The predicted molar refractivity (Wildman–Crippen MR) is 120 cm³/mol. The van der Waals surface area contributed by atoms with Crippen LogP contribution >= 0.6 is 0 Å². The van der Waals surface area contributed by atoms with E-state index in [0.717, 1.165) is 25.9 Å². The van der Waals surface area contributed by atoms with Crippen molar-refractivity contribution < 1.29 is 28.8 Å². The molecular formula is C25H50LiNO2. The maximum Gasteiger partial charge on any atom is 1.00 e. The fourth-order valence-corrected chi connectivity index (χ4v) is 4.09. The van der Waals surface area contributed by atoms with Gasteiger partial charge >= 0.3 is 18.9 Å². The number of rotatable bonds is 22. The molecule has 0 rings (SSSR count). The van der Waals surface area contributed by atoms with Crippen LogP contribution in [0.5, 0.6) is 0 Å². The van der Waals surface area contributed by atoms with Crippen LogP contribution in [0.15, 0.2) is 0 Å². The van der Waals surface area contributed by atoms with Crippen LogP contribution in [-0.4, -0.2) is 30.0 Å². The second kappa shape index (κ2) is 24.3. The average molecular weight is 404 g/mol. The monoisotopic (exact) mass is 403 g/mol. The molecule has 0 aromatic carbocycles. The third-order valence-electron chi connectivity index (χ3n) is 5.94. The first-order chi connectivity index (χ1) is 13.7. The second-order valence-corrected chi connectivity index (χ2v) is 8.63. The SMILES string of the molecule is CCCCCCCCN(CCCCCCCC)C(CCCCC)CCC(=O)[O-].[Li+]. The Hall–Kier alpha value is 0.0274. The molecule has 0 bridgehead atoms. The minimum Gasteiger partial charge on any atom is -0.550 e. The third kappa shape index (κ3) is 21.1. The molecule has 1 atom stereocenters. The Bertz CT molecular complexity index is 323.